The van der Waals surface area contributed by atoms with E-state index in [1.807, 2.05) is 37.3 Å². The van der Waals surface area contributed by atoms with Gasteiger partial charge in [-0.05, 0) is 23.6 Å². The highest BCUT2D eigenvalue weighted by Crippen LogP contribution is 2.34. The molecule has 8 heteroatoms. The Balaban J connectivity index is 1.68. The van der Waals surface area contributed by atoms with Crippen LogP contribution < -0.4 is 19.1 Å². The van der Waals surface area contributed by atoms with Crippen LogP contribution in [0.15, 0.2) is 48.5 Å². The molecule has 2 aromatic rings. The van der Waals surface area contributed by atoms with E-state index in [9.17, 15) is 13.2 Å². The predicted octanol–water partition coefficient (Wildman–Crippen LogP) is 2.14. The van der Waals surface area contributed by atoms with Gasteiger partial charge in [0.2, 0.25) is 15.9 Å². The predicted molar refractivity (Wildman–Crippen MR) is 107 cm³/mol. The van der Waals surface area contributed by atoms with Crippen LogP contribution in [0.1, 0.15) is 18.4 Å². The van der Waals surface area contributed by atoms with Crippen LogP contribution in [0.5, 0.6) is 11.5 Å². The number of carbonyl (C=O) groups excluding carboxylic acids is 1. The van der Waals surface area contributed by atoms with E-state index in [1.54, 1.807) is 18.2 Å². The number of hydrogen-bond donors (Lipinski definition) is 1. The van der Waals surface area contributed by atoms with E-state index in [-0.39, 0.29) is 18.4 Å². The summed E-state index contributed by atoms with van der Waals surface area (Å²) >= 11 is 0. The van der Waals surface area contributed by atoms with Gasteiger partial charge in [-0.1, -0.05) is 37.3 Å². The summed E-state index contributed by atoms with van der Waals surface area (Å²) in [5.41, 5.74) is 1.47. The second-order valence-corrected chi connectivity index (χ2v) is 8.62. The second-order valence-electron chi connectivity index (χ2n) is 6.71. The van der Waals surface area contributed by atoms with Crippen molar-refractivity contribution in [3.05, 3.63) is 54.1 Å². The number of anilines is 1. The largest absolute Gasteiger partial charge is 0.486 e. The van der Waals surface area contributed by atoms with Crippen LogP contribution in [0, 0.1) is 0 Å². The van der Waals surface area contributed by atoms with Crippen molar-refractivity contribution in [2.24, 2.45) is 0 Å². The molecule has 0 aliphatic carbocycles. The van der Waals surface area contributed by atoms with Crippen LogP contribution in [0.25, 0.3) is 0 Å². The van der Waals surface area contributed by atoms with E-state index in [2.05, 4.69) is 5.32 Å². The summed E-state index contributed by atoms with van der Waals surface area (Å²) in [6.07, 6.45) is 1.07. The number of rotatable bonds is 7. The highest BCUT2D eigenvalue weighted by molar-refractivity contribution is 7.92. The Bertz CT molecular complexity index is 931. The molecule has 0 fully saturated rings. The fraction of sp³-hybridized carbons (Fsp3) is 0.350. The molecule has 7 nitrogen and oxygen atoms in total. The van der Waals surface area contributed by atoms with Crippen molar-refractivity contribution in [3.8, 4) is 11.5 Å². The maximum absolute atomic E-state index is 12.4. The van der Waals surface area contributed by atoms with Gasteiger partial charge in [-0.25, -0.2) is 8.42 Å². The lowest BCUT2D eigenvalue weighted by Gasteiger charge is -2.25. The number of ether oxygens (including phenoxy) is 2. The highest BCUT2D eigenvalue weighted by Gasteiger charge is 2.23. The molecule has 1 aliphatic rings. The van der Waals surface area contributed by atoms with Crippen molar-refractivity contribution < 1.29 is 22.7 Å². The van der Waals surface area contributed by atoms with Crippen LogP contribution in [-0.4, -0.2) is 46.9 Å². The molecule has 1 N–H and O–H groups in total. The van der Waals surface area contributed by atoms with Gasteiger partial charge in [-0.2, -0.15) is 0 Å². The molecule has 1 amide bonds. The van der Waals surface area contributed by atoms with E-state index in [0.29, 0.717) is 36.9 Å². The summed E-state index contributed by atoms with van der Waals surface area (Å²) in [6, 6.07) is 14.7. The van der Waals surface area contributed by atoms with Gasteiger partial charge in [0.15, 0.2) is 11.5 Å². The molecule has 0 spiro atoms. The van der Waals surface area contributed by atoms with Crippen molar-refractivity contribution in [1.29, 1.82) is 0 Å². The summed E-state index contributed by atoms with van der Waals surface area (Å²) in [5.74, 6) is 0.773. The molecule has 0 radical (unpaired) electrons. The van der Waals surface area contributed by atoms with E-state index in [1.165, 1.54) is 0 Å². The third kappa shape index (κ3) is 4.95. The highest BCUT2D eigenvalue weighted by atomic mass is 32.2. The first-order valence-electron chi connectivity index (χ1n) is 9.03. The van der Waals surface area contributed by atoms with Crippen molar-refractivity contribution in [2.45, 2.75) is 12.8 Å². The number of carbonyl (C=O) groups is 1. The van der Waals surface area contributed by atoms with Crippen molar-refractivity contribution >= 4 is 21.6 Å². The minimum absolute atomic E-state index is 0.117. The van der Waals surface area contributed by atoms with Crippen LogP contribution in [0.2, 0.25) is 0 Å². The molecule has 1 heterocycles. The van der Waals surface area contributed by atoms with Crippen molar-refractivity contribution in [3.63, 3.8) is 0 Å². The van der Waals surface area contributed by atoms with Crippen LogP contribution in [0.3, 0.4) is 0 Å². The maximum Gasteiger partial charge on any atom is 0.240 e. The molecule has 0 unspecified atom stereocenters. The fourth-order valence-corrected chi connectivity index (χ4v) is 3.79. The number of hydrogen-bond acceptors (Lipinski definition) is 5. The third-order valence-electron chi connectivity index (χ3n) is 4.48. The zero-order chi connectivity index (χ0) is 20.1. The molecule has 2 aromatic carbocycles. The number of benzene rings is 2. The minimum atomic E-state index is -3.65. The lowest BCUT2D eigenvalue weighted by Crippen LogP contribution is -2.41. The molecule has 3 rings (SSSR count). The van der Waals surface area contributed by atoms with Gasteiger partial charge in [0.1, 0.15) is 19.8 Å². The lowest BCUT2D eigenvalue weighted by atomic mass is 10.0. The SMILES string of the molecule is C[C@H](CNC(=O)CN(c1ccc2c(c1)OCCO2)S(C)(=O)=O)c1ccccc1. The van der Waals surface area contributed by atoms with Crippen LogP contribution >= 0.6 is 0 Å². The molecule has 0 bridgehead atoms. The van der Waals surface area contributed by atoms with Gasteiger partial charge in [0, 0.05) is 12.6 Å². The summed E-state index contributed by atoms with van der Waals surface area (Å²) < 4.78 is 36.6. The number of sulfonamides is 1. The Morgan fingerprint density at radius 2 is 1.79 bits per heavy atom. The van der Waals surface area contributed by atoms with E-state index in [0.717, 1.165) is 16.1 Å². The molecule has 1 aliphatic heterocycles. The van der Waals surface area contributed by atoms with Gasteiger partial charge in [0.05, 0.1) is 11.9 Å². The minimum Gasteiger partial charge on any atom is -0.486 e. The molecular formula is C20H24N2O5S. The quantitative estimate of drug-likeness (QED) is 0.764. The van der Waals surface area contributed by atoms with Gasteiger partial charge >= 0.3 is 0 Å². The van der Waals surface area contributed by atoms with Crippen molar-refractivity contribution in [1.82, 2.24) is 5.32 Å². The number of nitrogens with zero attached hydrogens (tertiary/aromatic N) is 1. The zero-order valence-electron chi connectivity index (χ0n) is 15.9. The van der Waals surface area contributed by atoms with E-state index >= 15 is 0 Å². The van der Waals surface area contributed by atoms with Gasteiger partial charge in [-0.3, -0.25) is 9.10 Å². The third-order valence-corrected chi connectivity index (χ3v) is 5.62. The molecule has 1 atom stereocenters. The lowest BCUT2D eigenvalue weighted by molar-refractivity contribution is -0.119. The number of fused-ring (bicyclic) bond motifs is 1. The molecule has 0 saturated carbocycles. The van der Waals surface area contributed by atoms with E-state index < -0.39 is 10.0 Å². The normalized spacial score (nSPS) is 14.2. The first-order chi connectivity index (χ1) is 13.3. The smallest absolute Gasteiger partial charge is 0.240 e. The maximum atomic E-state index is 12.4. The Morgan fingerprint density at radius 1 is 1.11 bits per heavy atom. The number of nitrogens with one attached hydrogen (secondary N) is 1. The average molecular weight is 404 g/mol. The summed E-state index contributed by atoms with van der Waals surface area (Å²) in [6.45, 7) is 2.96. The second kappa shape index (κ2) is 8.52. The first-order valence-corrected chi connectivity index (χ1v) is 10.9. The summed E-state index contributed by atoms with van der Waals surface area (Å²) in [7, 11) is -3.65. The van der Waals surface area contributed by atoms with Crippen LogP contribution in [0.4, 0.5) is 5.69 Å². The molecular weight excluding hydrogens is 380 g/mol. The zero-order valence-corrected chi connectivity index (χ0v) is 16.7. The first kappa shape index (κ1) is 20.0. The Morgan fingerprint density at radius 3 is 2.46 bits per heavy atom. The summed E-state index contributed by atoms with van der Waals surface area (Å²) in [5, 5.41) is 2.81. The topological polar surface area (TPSA) is 84.9 Å². The van der Waals surface area contributed by atoms with Crippen LogP contribution in [-0.2, 0) is 14.8 Å². The standard InChI is InChI=1S/C20H24N2O5S/c1-15(16-6-4-3-5-7-16)13-21-20(23)14-22(28(2,24)25)17-8-9-18-19(12-17)27-11-10-26-18/h3-9,12,15H,10-11,13-14H2,1-2H3,(H,21,23)/t15-/m1/s1. The molecule has 0 saturated heterocycles. The fourth-order valence-electron chi connectivity index (χ4n) is 2.94. The summed E-state index contributed by atoms with van der Waals surface area (Å²) in [4.78, 5) is 12.4. The Hall–Kier alpha value is -2.74. The monoisotopic (exact) mass is 404 g/mol. The van der Waals surface area contributed by atoms with Gasteiger partial charge in [-0.15, -0.1) is 0 Å². The average Bonchev–Trinajstić information content (AvgIpc) is 2.69. The van der Waals surface area contributed by atoms with E-state index in [4.69, 9.17) is 9.47 Å². The molecule has 28 heavy (non-hydrogen) atoms. The molecule has 0 aromatic heterocycles. The Kier molecular flexibility index (Phi) is 6.08. The van der Waals surface area contributed by atoms with Gasteiger partial charge < -0.3 is 14.8 Å². The van der Waals surface area contributed by atoms with Gasteiger partial charge in [0.25, 0.3) is 0 Å². The van der Waals surface area contributed by atoms with Crippen molar-refractivity contribution in [2.75, 3.05) is 36.9 Å². The number of amides is 1. The Labute approximate surface area is 165 Å². The molecule has 150 valence electrons.